The van der Waals surface area contributed by atoms with Crippen LogP contribution in [0.3, 0.4) is 0 Å². The highest BCUT2D eigenvalue weighted by atomic mass is 32.2. The molecule has 0 fully saturated rings. The van der Waals surface area contributed by atoms with Gasteiger partial charge in [0.1, 0.15) is 5.75 Å². The van der Waals surface area contributed by atoms with Gasteiger partial charge in [0.2, 0.25) is 21.8 Å². The third-order valence-corrected chi connectivity index (χ3v) is 6.54. The maximum absolute atomic E-state index is 12.3. The van der Waals surface area contributed by atoms with Gasteiger partial charge in [0.15, 0.2) is 5.78 Å². The van der Waals surface area contributed by atoms with Crippen LogP contribution < -0.4 is 14.8 Å². The summed E-state index contributed by atoms with van der Waals surface area (Å²) < 4.78 is 32.9. The predicted molar refractivity (Wildman–Crippen MR) is 128 cm³/mol. The van der Waals surface area contributed by atoms with Gasteiger partial charge in [-0.3, -0.25) is 9.59 Å². The highest BCUT2D eigenvalue weighted by Gasteiger charge is 2.14. The number of carbonyl (C=O) groups excluding carboxylic acids is 2. The van der Waals surface area contributed by atoms with Gasteiger partial charge in [-0.05, 0) is 55.7 Å². The van der Waals surface area contributed by atoms with Gasteiger partial charge in [-0.15, -0.1) is 0 Å². The van der Waals surface area contributed by atoms with Gasteiger partial charge in [-0.1, -0.05) is 30.3 Å². The number of hydrogen-bond acceptors (Lipinski definition) is 6. The number of Topliss-reactive ketones (excluding diaryl/α,β-unsaturated/α-hetero) is 1. The molecule has 0 aliphatic rings. The van der Waals surface area contributed by atoms with Crippen molar-refractivity contribution < 1.29 is 22.7 Å². The molecular weight excluding hydrogens is 454 g/mol. The Kier molecular flexibility index (Phi) is 8.14. The third-order valence-electron chi connectivity index (χ3n) is 5.06. The first kappa shape index (κ1) is 25.1. The highest BCUT2D eigenvalue weighted by molar-refractivity contribution is 7.89. The molecule has 9 heteroatoms. The van der Waals surface area contributed by atoms with Gasteiger partial charge in [-0.2, -0.15) is 0 Å². The first-order valence-corrected chi connectivity index (χ1v) is 12.2. The monoisotopic (exact) mass is 481 g/mol. The van der Waals surface area contributed by atoms with Crippen molar-refractivity contribution in [2.75, 3.05) is 6.54 Å². The molecule has 3 aromatic rings. The lowest BCUT2D eigenvalue weighted by Gasteiger charge is -2.10. The second kappa shape index (κ2) is 11.0. The van der Waals surface area contributed by atoms with Crippen molar-refractivity contribution in [1.29, 1.82) is 0 Å². The van der Waals surface area contributed by atoms with Gasteiger partial charge >= 0.3 is 0 Å². The number of nitrogens with zero attached hydrogens (tertiary/aromatic N) is 1. The van der Waals surface area contributed by atoms with Crippen LogP contribution in [-0.2, 0) is 21.4 Å². The molecule has 0 aliphatic heterocycles. The Balaban J connectivity index is 1.45. The molecule has 0 saturated heterocycles. The van der Waals surface area contributed by atoms with Crippen molar-refractivity contribution in [3.63, 3.8) is 0 Å². The molecule has 1 heterocycles. The molecular formula is C25H27N3O5S. The Bertz CT molecular complexity index is 1270. The summed E-state index contributed by atoms with van der Waals surface area (Å²) in [7, 11) is -3.77. The molecule has 8 nitrogen and oxygen atoms in total. The molecule has 2 aromatic carbocycles. The van der Waals surface area contributed by atoms with Crippen LogP contribution >= 0.6 is 0 Å². The molecule has 34 heavy (non-hydrogen) atoms. The van der Waals surface area contributed by atoms with Crippen LogP contribution in [0.5, 0.6) is 11.6 Å². The van der Waals surface area contributed by atoms with E-state index in [0.717, 1.165) is 22.4 Å². The van der Waals surface area contributed by atoms with Crippen LogP contribution in [0.25, 0.3) is 0 Å². The van der Waals surface area contributed by atoms with E-state index < -0.39 is 10.0 Å². The van der Waals surface area contributed by atoms with E-state index in [1.165, 1.54) is 31.2 Å². The Hall–Kier alpha value is -3.56. The number of rotatable bonds is 10. The zero-order valence-corrected chi connectivity index (χ0v) is 20.1. The fourth-order valence-electron chi connectivity index (χ4n) is 3.05. The van der Waals surface area contributed by atoms with Gasteiger partial charge in [0.05, 0.1) is 4.90 Å². The molecule has 0 radical (unpaired) electrons. The summed E-state index contributed by atoms with van der Waals surface area (Å²) in [5, 5.41) is 2.74. The first-order chi connectivity index (χ1) is 16.1. The Morgan fingerprint density at radius 3 is 2.38 bits per heavy atom. The van der Waals surface area contributed by atoms with Crippen LogP contribution in [0.4, 0.5) is 0 Å². The molecule has 1 aromatic heterocycles. The number of hydrogen-bond donors (Lipinski definition) is 2. The van der Waals surface area contributed by atoms with E-state index in [-0.39, 0.29) is 36.1 Å². The number of ether oxygens (including phenoxy) is 1. The molecule has 178 valence electrons. The number of pyridine rings is 1. The number of carbonyl (C=O) groups is 2. The molecule has 1 amide bonds. The molecule has 0 bridgehead atoms. The van der Waals surface area contributed by atoms with E-state index in [4.69, 9.17) is 4.74 Å². The second-order valence-corrected chi connectivity index (χ2v) is 9.65. The summed E-state index contributed by atoms with van der Waals surface area (Å²) in [5.41, 5.74) is 3.31. The largest absolute Gasteiger partial charge is 0.439 e. The number of amides is 1. The molecule has 0 unspecified atom stereocenters. The molecule has 0 aliphatic carbocycles. The topological polar surface area (TPSA) is 114 Å². The van der Waals surface area contributed by atoms with E-state index in [1.54, 1.807) is 18.3 Å². The average Bonchev–Trinajstić information content (AvgIpc) is 2.81. The minimum Gasteiger partial charge on any atom is -0.439 e. The summed E-state index contributed by atoms with van der Waals surface area (Å²) >= 11 is 0. The summed E-state index contributed by atoms with van der Waals surface area (Å²) in [5.74, 6) is 0.748. The molecule has 0 spiro atoms. The number of benzene rings is 2. The fraction of sp³-hybridized carbons (Fsp3) is 0.240. The van der Waals surface area contributed by atoms with Crippen LogP contribution in [0.2, 0.25) is 0 Å². The van der Waals surface area contributed by atoms with Crippen molar-refractivity contribution >= 4 is 21.7 Å². The van der Waals surface area contributed by atoms with Crippen LogP contribution in [0.15, 0.2) is 65.7 Å². The average molecular weight is 482 g/mol. The quantitative estimate of drug-likeness (QED) is 0.427. The standard InChI is InChI=1S/C25H27N3O5S/c1-17-4-5-18(2)23(14-17)33-25-11-6-20(16-27-25)15-26-24(30)12-13-28-34(31,32)22-9-7-21(8-10-22)19(3)29/h4-11,14,16,28H,12-13,15H2,1-3H3,(H,26,30). The maximum Gasteiger partial charge on any atom is 0.240 e. The van der Waals surface area contributed by atoms with E-state index in [2.05, 4.69) is 15.0 Å². The fourth-order valence-corrected chi connectivity index (χ4v) is 4.08. The van der Waals surface area contributed by atoms with E-state index in [0.29, 0.717) is 11.4 Å². The lowest BCUT2D eigenvalue weighted by atomic mass is 10.1. The van der Waals surface area contributed by atoms with E-state index >= 15 is 0 Å². The number of ketones is 1. The minimum absolute atomic E-state index is 0.0218. The lowest BCUT2D eigenvalue weighted by molar-refractivity contribution is -0.121. The minimum atomic E-state index is -3.77. The highest BCUT2D eigenvalue weighted by Crippen LogP contribution is 2.24. The van der Waals surface area contributed by atoms with Crippen LogP contribution in [0.1, 0.15) is 40.4 Å². The number of nitrogens with one attached hydrogen (secondary N) is 2. The summed E-state index contributed by atoms with van der Waals surface area (Å²) in [6.45, 7) is 5.57. The summed E-state index contributed by atoms with van der Waals surface area (Å²) in [6, 6.07) is 15.1. The maximum atomic E-state index is 12.3. The van der Waals surface area contributed by atoms with Crippen LogP contribution in [-0.4, -0.2) is 31.6 Å². The van der Waals surface area contributed by atoms with Crippen molar-refractivity contribution in [2.24, 2.45) is 0 Å². The van der Waals surface area contributed by atoms with Crippen molar-refractivity contribution in [3.8, 4) is 11.6 Å². The number of aromatic nitrogens is 1. The van der Waals surface area contributed by atoms with E-state index in [9.17, 15) is 18.0 Å². The van der Waals surface area contributed by atoms with Crippen molar-refractivity contribution in [3.05, 3.63) is 83.0 Å². The van der Waals surface area contributed by atoms with Gasteiger partial charge in [-0.25, -0.2) is 18.1 Å². The molecule has 3 rings (SSSR count). The molecule has 0 saturated carbocycles. The van der Waals surface area contributed by atoms with E-state index in [1.807, 2.05) is 32.0 Å². The molecule has 2 N–H and O–H groups in total. The van der Waals surface area contributed by atoms with Gasteiger partial charge in [0.25, 0.3) is 0 Å². The second-order valence-electron chi connectivity index (χ2n) is 7.88. The third kappa shape index (κ3) is 6.97. The first-order valence-electron chi connectivity index (χ1n) is 10.7. The van der Waals surface area contributed by atoms with Crippen molar-refractivity contribution in [1.82, 2.24) is 15.0 Å². The van der Waals surface area contributed by atoms with Crippen molar-refractivity contribution in [2.45, 2.75) is 38.6 Å². The predicted octanol–water partition coefficient (Wildman–Crippen LogP) is 3.68. The molecule has 0 atom stereocenters. The lowest BCUT2D eigenvalue weighted by Crippen LogP contribution is -2.30. The Morgan fingerprint density at radius 2 is 1.74 bits per heavy atom. The zero-order chi connectivity index (χ0) is 24.7. The van der Waals surface area contributed by atoms with Gasteiger partial charge < -0.3 is 10.1 Å². The Morgan fingerprint density at radius 1 is 1.00 bits per heavy atom. The number of sulfonamides is 1. The SMILES string of the molecule is CC(=O)c1ccc(S(=O)(=O)NCCC(=O)NCc2ccc(Oc3cc(C)ccc3C)nc2)cc1. The Labute approximate surface area is 199 Å². The normalized spacial score (nSPS) is 11.1. The zero-order valence-electron chi connectivity index (χ0n) is 19.3. The smallest absolute Gasteiger partial charge is 0.240 e. The summed E-state index contributed by atoms with van der Waals surface area (Å²) in [6.07, 6.45) is 1.60. The van der Waals surface area contributed by atoms with Gasteiger partial charge in [0, 0.05) is 37.3 Å². The number of aryl methyl sites for hydroxylation is 2. The summed E-state index contributed by atoms with van der Waals surface area (Å²) in [4.78, 5) is 27.7. The van der Waals surface area contributed by atoms with Crippen LogP contribution in [0, 0.1) is 13.8 Å².